The number of amides is 1. The zero-order chi connectivity index (χ0) is 22.4. The van der Waals surface area contributed by atoms with Crippen molar-refractivity contribution in [3.05, 3.63) is 89.7 Å². The van der Waals surface area contributed by atoms with Gasteiger partial charge in [0.15, 0.2) is 6.61 Å². The van der Waals surface area contributed by atoms with Gasteiger partial charge in [-0.2, -0.15) is 0 Å². The fraction of sp³-hybridized carbons (Fsp3) is 0.174. The number of anilines is 1. The first-order chi connectivity index (χ1) is 14.7. The quantitative estimate of drug-likeness (QED) is 0.548. The molecule has 0 unspecified atom stereocenters. The van der Waals surface area contributed by atoms with Gasteiger partial charge in [0.1, 0.15) is 11.6 Å². The third-order valence-corrected chi connectivity index (χ3v) is 5.95. The highest BCUT2D eigenvalue weighted by Crippen LogP contribution is 2.20. The van der Waals surface area contributed by atoms with Gasteiger partial charge in [-0.1, -0.05) is 29.8 Å². The lowest BCUT2D eigenvalue weighted by Crippen LogP contribution is -2.31. The van der Waals surface area contributed by atoms with E-state index >= 15 is 0 Å². The van der Waals surface area contributed by atoms with Gasteiger partial charge in [0.2, 0.25) is 0 Å². The highest BCUT2D eigenvalue weighted by molar-refractivity contribution is 7.92. The molecule has 0 aliphatic heterocycles. The molecular weight excluding hydrogens is 419 g/mol. The topological polar surface area (TPSA) is 84.5 Å². The third kappa shape index (κ3) is 6.29. The number of hydrogen-bond acceptors (Lipinski definition) is 4. The summed E-state index contributed by atoms with van der Waals surface area (Å²) in [5, 5.41) is 2.76. The summed E-state index contributed by atoms with van der Waals surface area (Å²) >= 11 is 0. The first kappa shape index (κ1) is 22.3. The molecule has 3 rings (SSSR count). The van der Waals surface area contributed by atoms with Crippen molar-refractivity contribution in [2.45, 2.75) is 24.8 Å². The molecule has 3 aromatic carbocycles. The summed E-state index contributed by atoms with van der Waals surface area (Å²) in [6.45, 7) is 3.46. The van der Waals surface area contributed by atoms with Gasteiger partial charge in [-0.05, 0) is 67.9 Å². The Morgan fingerprint density at radius 3 is 2.19 bits per heavy atom. The average Bonchev–Trinajstić information content (AvgIpc) is 2.74. The summed E-state index contributed by atoms with van der Waals surface area (Å²) in [7, 11) is -3.74. The van der Waals surface area contributed by atoms with Gasteiger partial charge >= 0.3 is 0 Å². The van der Waals surface area contributed by atoms with Crippen LogP contribution in [0.1, 0.15) is 24.1 Å². The van der Waals surface area contributed by atoms with E-state index in [9.17, 15) is 17.6 Å². The van der Waals surface area contributed by atoms with Crippen molar-refractivity contribution >= 4 is 21.6 Å². The second-order valence-corrected chi connectivity index (χ2v) is 8.75. The van der Waals surface area contributed by atoms with Crippen molar-refractivity contribution < 1.29 is 22.3 Å². The van der Waals surface area contributed by atoms with Crippen LogP contribution in [0.3, 0.4) is 0 Å². The van der Waals surface area contributed by atoms with Crippen LogP contribution in [0.15, 0.2) is 77.7 Å². The number of aryl methyl sites for hydroxylation is 1. The maximum atomic E-state index is 13.0. The molecule has 0 aliphatic carbocycles. The second-order valence-electron chi connectivity index (χ2n) is 7.07. The van der Waals surface area contributed by atoms with E-state index < -0.39 is 10.0 Å². The van der Waals surface area contributed by atoms with E-state index in [1.54, 1.807) is 31.2 Å². The predicted molar refractivity (Wildman–Crippen MR) is 117 cm³/mol. The Kier molecular flexibility index (Phi) is 6.91. The van der Waals surface area contributed by atoms with E-state index in [0.29, 0.717) is 11.4 Å². The van der Waals surface area contributed by atoms with Crippen LogP contribution in [0.25, 0.3) is 0 Å². The number of carbonyl (C=O) groups excluding carboxylic acids is 1. The number of sulfonamides is 1. The number of halogens is 1. The summed E-state index contributed by atoms with van der Waals surface area (Å²) in [4.78, 5) is 12.2. The summed E-state index contributed by atoms with van der Waals surface area (Å²) in [6, 6.07) is 18.4. The molecule has 2 N–H and O–H groups in total. The Balaban J connectivity index is 1.54. The summed E-state index contributed by atoms with van der Waals surface area (Å²) in [6.07, 6.45) is 0. The predicted octanol–water partition coefficient (Wildman–Crippen LogP) is 4.19. The summed E-state index contributed by atoms with van der Waals surface area (Å²) in [5.74, 6) is -0.335. The van der Waals surface area contributed by atoms with Crippen LogP contribution in [0.5, 0.6) is 5.75 Å². The van der Waals surface area contributed by atoms with Gasteiger partial charge in [-0.3, -0.25) is 9.52 Å². The van der Waals surface area contributed by atoms with Crippen LogP contribution in [-0.2, 0) is 14.8 Å². The van der Waals surface area contributed by atoms with Crippen LogP contribution < -0.4 is 14.8 Å². The van der Waals surface area contributed by atoms with Crippen LogP contribution in [0.4, 0.5) is 10.1 Å². The van der Waals surface area contributed by atoms with Gasteiger partial charge in [0, 0.05) is 5.69 Å². The minimum atomic E-state index is -3.74. The Hall–Kier alpha value is -3.39. The van der Waals surface area contributed by atoms with Gasteiger partial charge in [-0.25, -0.2) is 12.8 Å². The van der Waals surface area contributed by atoms with E-state index in [1.165, 1.54) is 36.4 Å². The lowest BCUT2D eigenvalue weighted by atomic mass is 10.1. The number of ether oxygens (including phenoxy) is 1. The number of carbonyl (C=O) groups is 1. The van der Waals surface area contributed by atoms with E-state index in [-0.39, 0.29) is 29.3 Å². The molecule has 0 bridgehead atoms. The van der Waals surface area contributed by atoms with Gasteiger partial charge in [-0.15, -0.1) is 0 Å². The molecule has 8 heteroatoms. The third-order valence-electron chi connectivity index (χ3n) is 4.56. The monoisotopic (exact) mass is 442 g/mol. The highest BCUT2D eigenvalue weighted by atomic mass is 32.2. The maximum Gasteiger partial charge on any atom is 0.261 e. The van der Waals surface area contributed by atoms with E-state index in [1.807, 2.05) is 19.1 Å². The molecule has 0 radical (unpaired) electrons. The molecule has 6 nitrogen and oxygen atoms in total. The van der Waals surface area contributed by atoms with Crippen molar-refractivity contribution in [1.82, 2.24) is 5.32 Å². The average molecular weight is 443 g/mol. The molecule has 3 aromatic rings. The standard InChI is InChI=1S/C23H23FN2O4S/c1-16-3-9-20(10-4-16)26-31(28,29)22-13-11-21(12-14-22)30-15-23(27)25-17(2)18-5-7-19(24)8-6-18/h3-14,17,26H,15H2,1-2H3,(H,25,27)/t17-/m0/s1. The molecular formula is C23H23FN2O4S. The molecule has 162 valence electrons. The Bertz CT molecular complexity index is 1130. The van der Waals surface area contributed by atoms with Crippen molar-refractivity contribution in [2.24, 2.45) is 0 Å². The van der Waals surface area contributed by atoms with Crippen molar-refractivity contribution in [3.63, 3.8) is 0 Å². The first-order valence-electron chi connectivity index (χ1n) is 9.60. The minimum absolute atomic E-state index is 0.0785. The van der Waals surface area contributed by atoms with E-state index in [2.05, 4.69) is 10.0 Å². The molecule has 1 atom stereocenters. The molecule has 1 amide bonds. The lowest BCUT2D eigenvalue weighted by molar-refractivity contribution is -0.123. The normalized spacial score (nSPS) is 12.1. The Morgan fingerprint density at radius 2 is 1.58 bits per heavy atom. The Labute approximate surface area is 181 Å². The number of nitrogens with one attached hydrogen (secondary N) is 2. The van der Waals surface area contributed by atoms with Crippen molar-refractivity contribution in [2.75, 3.05) is 11.3 Å². The number of rotatable bonds is 8. The molecule has 0 fully saturated rings. The molecule has 0 aromatic heterocycles. The van der Waals surface area contributed by atoms with Crippen molar-refractivity contribution in [3.8, 4) is 5.75 Å². The SMILES string of the molecule is Cc1ccc(NS(=O)(=O)c2ccc(OCC(=O)N[C@@H](C)c3ccc(F)cc3)cc2)cc1. The first-order valence-corrected chi connectivity index (χ1v) is 11.1. The molecule has 31 heavy (non-hydrogen) atoms. The van der Waals surface area contributed by atoms with E-state index in [0.717, 1.165) is 11.1 Å². The smallest absolute Gasteiger partial charge is 0.261 e. The fourth-order valence-electron chi connectivity index (χ4n) is 2.82. The van der Waals surface area contributed by atoms with Gasteiger partial charge < -0.3 is 10.1 Å². The Morgan fingerprint density at radius 1 is 0.968 bits per heavy atom. The summed E-state index contributed by atoms with van der Waals surface area (Å²) in [5.41, 5.74) is 2.27. The van der Waals surface area contributed by atoms with Crippen LogP contribution >= 0.6 is 0 Å². The van der Waals surface area contributed by atoms with Gasteiger partial charge in [0.25, 0.3) is 15.9 Å². The van der Waals surface area contributed by atoms with Crippen LogP contribution in [0, 0.1) is 12.7 Å². The fourth-order valence-corrected chi connectivity index (χ4v) is 3.88. The van der Waals surface area contributed by atoms with E-state index in [4.69, 9.17) is 4.74 Å². The largest absolute Gasteiger partial charge is 0.484 e. The van der Waals surface area contributed by atoms with Crippen LogP contribution in [0.2, 0.25) is 0 Å². The zero-order valence-corrected chi connectivity index (χ0v) is 17.9. The molecule has 0 heterocycles. The number of benzene rings is 3. The maximum absolute atomic E-state index is 13.0. The van der Waals surface area contributed by atoms with Crippen molar-refractivity contribution in [1.29, 1.82) is 0 Å². The zero-order valence-electron chi connectivity index (χ0n) is 17.1. The number of hydrogen-bond donors (Lipinski definition) is 2. The molecule has 0 saturated carbocycles. The van der Waals surface area contributed by atoms with Gasteiger partial charge in [0.05, 0.1) is 10.9 Å². The van der Waals surface area contributed by atoms with Crippen LogP contribution in [-0.4, -0.2) is 20.9 Å². The molecule has 0 saturated heterocycles. The highest BCUT2D eigenvalue weighted by Gasteiger charge is 2.15. The summed E-state index contributed by atoms with van der Waals surface area (Å²) < 4.78 is 46.0. The minimum Gasteiger partial charge on any atom is -0.484 e. The second kappa shape index (κ2) is 9.61. The molecule has 0 spiro atoms. The molecule has 0 aliphatic rings. The lowest BCUT2D eigenvalue weighted by Gasteiger charge is -2.15.